The summed E-state index contributed by atoms with van der Waals surface area (Å²) in [5.74, 6) is 0.992. The first-order valence-corrected chi connectivity index (χ1v) is 12.7. The van der Waals surface area contributed by atoms with Gasteiger partial charge in [-0.2, -0.15) is 5.10 Å². The van der Waals surface area contributed by atoms with Gasteiger partial charge in [-0.3, -0.25) is 4.68 Å². The average molecular weight is 480 g/mol. The van der Waals surface area contributed by atoms with Crippen LogP contribution < -0.4 is 0 Å². The van der Waals surface area contributed by atoms with Crippen molar-refractivity contribution in [3.8, 4) is 17.1 Å². The quantitative estimate of drug-likeness (QED) is 0.300. The van der Waals surface area contributed by atoms with Gasteiger partial charge in [-0.25, -0.2) is 9.37 Å². The monoisotopic (exact) mass is 479 g/mol. The van der Waals surface area contributed by atoms with E-state index in [0.717, 1.165) is 61.5 Å². The highest BCUT2D eigenvalue weighted by Crippen LogP contribution is 2.37. The fourth-order valence-electron chi connectivity index (χ4n) is 5.41. The molecule has 0 aliphatic carbocycles. The predicted octanol–water partition coefficient (Wildman–Crippen LogP) is 5.99. The van der Waals surface area contributed by atoms with Crippen LogP contribution in [0.2, 0.25) is 0 Å². The Bertz CT molecular complexity index is 1460. The first-order valence-electron chi connectivity index (χ1n) is 12.7. The minimum atomic E-state index is -0.221. The molecule has 0 amide bonds. The third-order valence-electron chi connectivity index (χ3n) is 7.38. The van der Waals surface area contributed by atoms with E-state index in [1.165, 1.54) is 28.6 Å². The summed E-state index contributed by atoms with van der Waals surface area (Å²) in [4.78, 5) is 7.05. The molecule has 1 aliphatic heterocycles. The van der Waals surface area contributed by atoms with E-state index in [1.807, 2.05) is 19.2 Å². The minimum absolute atomic E-state index is 0.221. The molecule has 6 rings (SSSR count). The van der Waals surface area contributed by atoms with Gasteiger partial charge in [0.15, 0.2) is 5.82 Å². The van der Waals surface area contributed by atoms with E-state index in [-0.39, 0.29) is 5.82 Å². The van der Waals surface area contributed by atoms with Gasteiger partial charge < -0.3 is 9.47 Å². The molecule has 3 heterocycles. The van der Waals surface area contributed by atoms with Crippen molar-refractivity contribution in [1.82, 2.24) is 24.2 Å². The minimum Gasteiger partial charge on any atom is -0.316 e. The van der Waals surface area contributed by atoms with Crippen LogP contribution in [0.5, 0.6) is 0 Å². The highest BCUT2D eigenvalue weighted by molar-refractivity contribution is 5.89. The second-order valence-corrected chi connectivity index (χ2v) is 9.76. The lowest BCUT2D eigenvalue weighted by Crippen LogP contribution is -2.34. The number of aryl methyl sites for hydroxylation is 1. The Hall–Kier alpha value is -3.77. The molecule has 3 aromatic carbocycles. The molecule has 6 heteroatoms. The van der Waals surface area contributed by atoms with Gasteiger partial charge in [0.25, 0.3) is 0 Å². The number of halogens is 1. The number of piperidine rings is 1. The number of hydrogen-bond donors (Lipinski definition) is 0. The van der Waals surface area contributed by atoms with Crippen molar-refractivity contribution in [2.75, 3.05) is 19.6 Å². The SMILES string of the molecule is Cn1cnc(-c2ccc3c(c2)c(C2CCN(CCc4ccccc4)CC2)cn3-c2ccc(F)cc2)n1. The second kappa shape index (κ2) is 9.70. The molecular weight excluding hydrogens is 449 g/mol. The number of fused-ring (bicyclic) bond motifs is 1. The molecule has 5 aromatic rings. The molecule has 0 saturated carbocycles. The number of rotatable bonds is 6. The molecule has 5 nitrogen and oxygen atoms in total. The van der Waals surface area contributed by atoms with Crippen molar-refractivity contribution < 1.29 is 4.39 Å². The molecular formula is C30H30FN5. The van der Waals surface area contributed by atoms with Crippen LogP contribution in [0.3, 0.4) is 0 Å². The number of likely N-dealkylation sites (tertiary alicyclic amines) is 1. The molecule has 36 heavy (non-hydrogen) atoms. The lowest BCUT2D eigenvalue weighted by Gasteiger charge is -2.32. The molecule has 0 bridgehead atoms. The standard InChI is InChI=1S/C30H30FN5/c1-34-21-32-30(33-34)24-7-12-29-27(19-24)28(20-36(29)26-10-8-25(31)9-11-26)23-14-17-35(18-15-23)16-13-22-5-3-2-4-6-22/h2-12,19-21,23H,13-18H2,1H3. The second-order valence-electron chi connectivity index (χ2n) is 9.76. The van der Waals surface area contributed by atoms with Crippen molar-refractivity contribution in [2.45, 2.75) is 25.2 Å². The summed E-state index contributed by atoms with van der Waals surface area (Å²) in [5, 5.41) is 5.74. The maximum absolute atomic E-state index is 13.6. The Morgan fingerprint density at radius 3 is 2.44 bits per heavy atom. The molecule has 1 fully saturated rings. The Balaban J connectivity index is 1.29. The summed E-state index contributed by atoms with van der Waals surface area (Å²) >= 11 is 0. The van der Waals surface area contributed by atoms with E-state index < -0.39 is 0 Å². The first kappa shape index (κ1) is 22.7. The van der Waals surface area contributed by atoms with Gasteiger partial charge in [0.05, 0.1) is 5.52 Å². The fraction of sp³-hybridized carbons (Fsp3) is 0.267. The topological polar surface area (TPSA) is 38.9 Å². The van der Waals surface area contributed by atoms with Crippen molar-refractivity contribution in [1.29, 1.82) is 0 Å². The summed E-state index contributed by atoms with van der Waals surface area (Å²) in [5.41, 5.74) is 5.87. The van der Waals surface area contributed by atoms with Crippen LogP contribution in [0.25, 0.3) is 28.0 Å². The molecule has 0 atom stereocenters. The molecule has 182 valence electrons. The normalized spacial score (nSPS) is 15.1. The number of nitrogens with zero attached hydrogens (tertiary/aromatic N) is 5. The van der Waals surface area contributed by atoms with Gasteiger partial charge >= 0.3 is 0 Å². The maximum Gasteiger partial charge on any atom is 0.181 e. The van der Waals surface area contributed by atoms with Crippen LogP contribution in [0.15, 0.2) is 85.3 Å². The van der Waals surface area contributed by atoms with Crippen LogP contribution in [0.1, 0.15) is 29.9 Å². The summed E-state index contributed by atoms with van der Waals surface area (Å²) in [6.45, 7) is 3.30. The smallest absolute Gasteiger partial charge is 0.181 e. The molecule has 0 spiro atoms. The van der Waals surface area contributed by atoms with E-state index in [1.54, 1.807) is 11.0 Å². The number of aromatic nitrogens is 4. The third-order valence-corrected chi connectivity index (χ3v) is 7.38. The largest absolute Gasteiger partial charge is 0.316 e. The van der Waals surface area contributed by atoms with Gasteiger partial charge in [-0.15, -0.1) is 0 Å². The first-order chi connectivity index (χ1) is 17.6. The van der Waals surface area contributed by atoms with Crippen LogP contribution in [0, 0.1) is 5.82 Å². The molecule has 0 N–H and O–H groups in total. The van der Waals surface area contributed by atoms with E-state index >= 15 is 0 Å². The average Bonchev–Trinajstić information content (AvgIpc) is 3.52. The lowest BCUT2D eigenvalue weighted by molar-refractivity contribution is 0.215. The van der Waals surface area contributed by atoms with E-state index in [2.05, 4.69) is 74.3 Å². The Kier molecular flexibility index (Phi) is 6.11. The van der Waals surface area contributed by atoms with Gasteiger partial charge in [0.2, 0.25) is 0 Å². The molecule has 0 radical (unpaired) electrons. The maximum atomic E-state index is 13.6. The molecule has 2 aromatic heterocycles. The van der Waals surface area contributed by atoms with Crippen molar-refractivity contribution in [2.24, 2.45) is 7.05 Å². The van der Waals surface area contributed by atoms with Crippen LogP contribution >= 0.6 is 0 Å². The Morgan fingerprint density at radius 2 is 1.72 bits per heavy atom. The number of benzene rings is 3. The van der Waals surface area contributed by atoms with Crippen LogP contribution in [-0.2, 0) is 13.5 Å². The van der Waals surface area contributed by atoms with Crippen LogP contribution in [0.4, 0.5) is 4.39 Å². The summed E-state index contributed by atoms with van der Waals surface area (Å²) in [6, 6.07) is 23.9. The van der Waals surface area contributed by atoms with Gasteiger partial charge in [0, 0.05) is 36.4 Å². The van der Waals surface area contributed by atoms with Crippen LogP contribution in [-0.4, -0.2) is 43.9 Å². The van der Waals surface area contributed by atoms with E-state index in [9.17, 15) is 4.39 Å². The Labute approximate surface area is 210 Å². The van der Waals surface area contributed by atoms with E-state index in [4.69, 9.17) is 0 Å². The van der Waals surface area contributed by atoms with Crippen molar-refractivity contribution in [3.05, 3.63) is 102 Å². The molecule has 0 unspecified atom stereocenters. The summed E-state index contributed by atoms with van der Waals surface area (Å²) in [6.07, 6.45) is 7.34. The third kappa shape index (κ3) is 4.56. The summed E-state index contributed by atoms with van der Waals surface area (Å²) in [7, 11) is 1.89. The summed E-state index contributed by atoms with van der Waals surface area (Å²) < 4.78 is 17.6. The lowest BCUT2D eigenvalue weighted by atomic mass is 9.88. The van der Waals surface area contributed by atoms with Gasteiger partial charge in [-0.05, 0) is 91.9 Å². The zero-order chi connectivity index (χ0) is 24.5. The zero-order valence-corrected chi connectivity index (χ0v) is 20.5. The number of hydrogen-bond acceptors (Lipinski definition) is 3. The van der Waals surface area contributed by atoms with Gasteiger partial charge in [-0.1, -0.05) is 30.3 Å². The Morgan fingerprint density at radius 1 is 0.944 bits per heavy atom. The molecule has 1 saturated heterocycles. The van der Waals surface area contributed by atoms with E-state index in [0.29, 0.717) is 5.92 Å². The zero-order valence-electron chi connectivity index (χ0n) is 20.5. The molecule has 1 aliphatic rings. The van der Waals surface area contributed by atoms with Gasteiger partial charge in [0.1, 0.15) is 12.1 Å². The predicted molar refractivity (Wildman–Crippen MR) is 142 cm³/mol. The fourth-order valence-corrected chi connectivity index (χ4v) is 5.41. The highest BCUT2D eigenvalue weighted by atomic mass is 19.1. The van der Waals surface area contributed by atoms with Crippen molar-refractivity contribution >= 4 is 10.9 Å². The van der Waals surface area contributed by atoms with Crippen molar-refractivity contribution in [3.63, 3.8) is 0 Å². The highest BCUT2D eigenvalue weighted by Gasteiger charge is 2.24.